The smallest absolute Gasteiger partial charge is 0.0998 e. The maximum absolute atomic E-state index is 10.2. The molecule has 9 aromatic rings. The van der Waals surface area contributed by atoms with Crippen molar-refractivity contribution in [3.8, 4) is 45.8 Å². The van der Waals surface area contributed by atoms with Crippen LogP contribution in [0.15, 0.2) is 158 Å². The maximum atomic E-state index is 10.2. The highest BCUT2D eigenvalue weighted by Gasteiger charge is 2.17. The molecule has 0 aliphatic carbocycles. The lowest BCUT2D eigenvalue weighted by atomic mass is 9.94. The molecule has 0 N–H and O–H groups in total. The van der Waals surface area contributed by atoms with Crippen molar-refractivity contribution in [2.75, 3.05) is 0 Å². The van der Waals surface area contributed by atoms with Crippen LogP contribution in [0.3, 0.4) is 0 Å². The minimum atomic E-state index is 0.627. The molecule has 0 bridgehead atoms. The van der Waals surface area contributed by atoms with E-state index in [-0.39, 0.29) is 0 Å². The van der Waals surface area contributed by atoms with Gasteiger partial charge in [0.1, 0.15) is 0 Å². The van der Waals surface area contributed by atoms with Crippen LogP contribution in [0.1, 0.15) is 11.1 Å². The largest absolute Gasteiger partial charge is 0.309 e. The van der Waals surface area contributed by atoms with E-state index in [2.05, 4.69) is 137 Å². The van der Waals surface area contributed by atoms with Crippen molar-refractivity contribution in [2.45, 2.75) is 0 Å². The average Bonchev–Trinajstić information content (AvgIpc) is 3.67. The van der Waals surface area contributed by atoms with Crippen LogP contribution in [0.4, 0.5) is 0 Å². The predicted octanol–water partition coefficient (Wildman–Crippen LogP) is 11.0. The molecule has 2 aromatic heterocycles. The van der Waals surface area contributed by atoms with Gasteiger partial charge in [-0.05, 0) is 77.9 Å². The highest BCUT2D eigenvalue weighted by atomic mass is 15.0. The van der Waals surface area contributed by atoms with Crippen LogP contribution < -0.4 is 0 Å². The normalized spacial score (nSPS) is 11.3. The molecule has 0 saturated heterocycles. The quantitative estimate of drug-likeness (QED) is 0.199. The second-order valence-electron chi connectivity index (χ2n) is 12.0. The molecule has 0 amide bonds. The third-order valence-corrected chi connectivity index (χ3v) is 9.41. The van der Waals surface area contributed by atoms with E-state index in [1.54, 1.807) is 0 Å². The summed E-state index contributed by atoms with van der Waals surface area (Å²) in [6.07, 6.45) is 0. The number of hydrogen-bond donors (Lipinski definition) is 0. The molecule has 0 fully saturated rings. The van der Waals surface area contributed by atoms with Gasteiger partial charge in [-0.15, -0.1) is 0 Å². The molecule has 7 aromatic carbocycles. The van der Waals surface area contributed by atoms with Crippen LogP contribution in [0.5, 0.6) is 0 Å². The summed E-state index contributed by atoms with van der Waals surface area (Å²) in [4.78, 5) is 0. The topological polar surface area (TPSA) is 57.4 Å². The molecule has 4 nitrogen and oxygen atoms in total. The van der Waals surface area contributed by atoms with Gasteiger partial charge in [0.2, 0.25) is 0 Å². The minimum absolute atomic E-state index is 0.627. The minimum Gasteiger partial charge on any atom is -0.309 e. The Labute approximate surface area is 277 Å². The molecule has 0 spiro atoms. The molecular weight excluding hydrogens is 585 g/mol. The molecule has 222 valence electrons. The Morgan fingerprint density at radius 2 is 0.958 bits per heavy atom. The Morgan fingerprint density at radius 1 is 0.396 bits per heavy atom. The number of aromatic nitrogens is 2. The summed E-state index contributed by atoms with van der Waals surface area (Å²) in [7, 11) is 0. The molecule has 0 radical (unpaired) electrons. The van der Waals surface area contributed by atoms with Gasteiger partial charge in [-0.25, -0.2) is 0 Å². The van der Waals surface area contributed by atoms with Crippen molar-refractivity contribution < 1.29 is 0 Å². The molecule has 9 rings (SSSR count). The first-order valence-electron chi connectivity index (χ1n) is 15.9. The number of hydrogen-bond acceptors (Lipinski definition) is 2. The van der Waals surface area contributed by atoms with Crippen LogP contribution in [-0.2, 0) is 0 Å². The molecule has 48 heavy (non-hydrogen) atoms. The Kier molecular flexibility index (Phi) is 6.22. The van der Waals surface area contributed by atoms with E-state index in [0.29, 0.717) is 11.1 Å². The van der Waals surface area contributed by atoms with E-state index in [0.717, 1.165) is 66.5 Å². The van der Waals surface area contributed by atoms with Crippen molar-refractivity contribution in [3.05, 3.63) is 169 Å². The van der Waals surface area contributed by atoms with Gasteiger partial charge in [-0.1, -0.05) is 91.0 Å². The summed E-state index contributed by atoms with van der Waals surface area (Å²) in [5.74, 6) is 0. The second kappa shape index (κ2) is 10.9. The van der Waals surface area contributed by atoms with Gasteiger partial charge in [0.15, 0.2) is 0 Å². The summed E-state index contributed by atoms with van der Waals surface area (Å²) in [6.45, 7) is 0. The number of para-hydroxylation sites is 4. The molecule has 0 unspecified atom stereocenters. The Bertz CT molecular complexity index is 2750. The number of benzene rings is 7. The Balaban J connectivity index is 1.19. The van der Waals surface area contributed by atoms with Gasteiger partial charge in [0.05, 0.1) is 51.0 Å². The first kappa shape index (κ1) is 27.4. The van der Waals surface area contributed by atoms with Gasteiger partial charge >= 0.3 is 0 Å². The first-order valence-corrected chi connectivity index (χ1v) is 15.9. The highest BCUT2D eigenvalue weighted by molar-refractivity contribution is 6.11. The zero-order valence-corrected chi connectivity index (χ0v) is 25.8. The van der Waals surface area contributed by atoms with Gasteiger partial charge in [0, 0.05) is 38.4 Å². The maximum Gasteiger partial charge on any atom is 0.0998 e. The molecular formula is C44H26N4. The summed E-state index contributed by atoms with van der Waals surface area (Å²) >= 11 is 0. The van der Waals surface area contributed by atoms with E-state index < -0.39 is 0 Å². The zero-order valence-electron chi connectivity index (χ0n) is 25.8. The number of nitriles is 2. The summed E-state index contributed by atoms with van der Waals surface area (Å²) in [5, 5.41) is 24.4. The Hall–Kier alpha value is -6.88. The molecule has 2 heterocycles. The van der Waals surface area contributed by atoms with Crippen molar-refractivity contribution in [1.82, 2.24) is 9.13 Å². The van der Waals surface area contributed by atoms with Crippen molar-refractivity contribution in [3.63, 3.8) is 0 Å². The van der Waals surface area contributed by atoms with Crippen LogP contribution in [0.2, 0.25) is 0 Å². The number of nitrogens with zero attached hydrogens (tertiary/aromatic N) is 4. The summed E-state index contributed by atoms with van der Waals surface area (Å²) in [6, 6.07) is 58.9. The third-order valence-electron chi connectivity index (χ3n) is 9.41. The SMILES string of the molecule is N#Cc1ccc2c(c1)c1ccccc1n2-c1ccccc1-c1ccc(C#N)c(-c2ccc(-n3c4ccccc4c4ccccc43)cc2)c1. The van der Waals surface area contributed by atoms with Crippen LogP contribution in [0, 0.1) is 22.7 Å². The number of fused-ring (bicyclic) bond motifs is 6. The van der Waals surface area contributed by atoms with Gasteiger partial charge in [-0.3, -0.25) is 0 Å². The predicted molar refractivity (Wildman–Crippen MR) is 195 cm³/mol. The number of rotatable bonds is 4. The van der Waals surface area contributed by atoms with Crippen LogP contribution in [0.25, 0.3) is 77.2 Å². The first-order chi connectivity index (χ1) is 23.7. The molecule has 0 saturated carbocycles. The van der Waals surface area contributed by atoms with E-state index in [1.165, 1.54) is 10.8 Å². The van der Waals surface area contributed by atoms with Gasteiger partial charge in [-0.2, -0.15) is 10.5 Å². The second-order valence-corrected chi connectivity index (χ2v) is 12.0. The fourth-order valence-electron chi connectivity index (χ4n) is 7.25. The van der Waals surface area contributed by atoms with Crippen molar-refractivity contribution in [2.24, 2.45) is 0 Å². The standard InChI is InChI=1S/C44H26N4/c45-27-29-17-24-44-39(25-29)37-12-4-8-16-43(37)48(44)40-13-5-1-9-34(40)31-18-19-32(28-46)38(26-31)30-20-22-33(23-21-30)47-41-14-6-2-10-35(41)36-11-3-7-15-42(36)47/h1-26H. The Morgan fingerprint density at radius 3 is 1.62 bits per heavy atom. The average molecular weight is 611 g/mol. The van der Waals surface area contributed by atoms with E-state index in [9.17, 15) is 10.5 Å². The van der Waals surface area contributed by atoms with Crippen LogP contribution in [-0.4, -0.2) is 9.13 Å². The summed E-state index contributed by atoms with van der Waals surface area (Å²) in [5.41, 5.74) is 11.8. The van der Waals surface area contributed by atoms with Gasteiger partial charge in [0.25, 0.3) is 0 Å². The van der Waals surface area contributed by atoms with Gasteiger partial charge < -0.3 is 9.13 Å². The van der Waals surface area contributed by atoms with E-state index >= 15 is 0 Å². The molecule has 0 aliphatic rings. The lowest BCUT2D eigenvalue weighted by molar-refractivity contribution is 1.18. The molecule has 4 heteroatoms. The highest BCUT2D eigenvalue weighted by Crippen LogP contribution is 2.39. The zero-order chi connectivity index (χ0) is 32.2. The summed E-state index contributed by atoms with van der Waals surface area (Å²) < 4.78 is 4.58. The lowest BCUT2D eigenvalue weighted by Gasteiger charge is -2.16. The van der Waals surface area contributed by atoms with Crippen molar-refractivity contribution >= 4 is 43.6 Å². The van der Waals surface area contributed by atoms with E-state index in [1.807, 2.05) is 42.5 Å². The van der Waals surface area contributed by atoms with E-state index in [4.69, 9.17) is 0 Å². The third kappa shape index (κ3) is 4.14. The van der Waals surface area contributed by atoms with Crippen LogP contribution >= 0.6 is 0 Å². The molecule has 0 atom stereocenters. The fourth-order valence-corrected chi connectivity index (χ4v) is 7.25. The molecule has 0 aliphatic heterocycles. The monoisotopic (exact) mass is 610 g/mol. The fraction of sp³-hybridized carbons (Fsp3) is 0. The lowest BCUT2D eigenvalue weighted by Crippen LogP contribution is -1.98. The van der Waals surface area contributed by atoms with Crippen molar-refractivity contribution in [1.29, 1.82) is 10.5 Å².